The highest BCUT2D eigenvalue weighted by Crippen LogP contribution is 2.26. The Morgan fingerprint density at radius 2 is 2.06 bits per heavy atom. The van der Waals surface area contributed by atoms with Gasteiger partial charge in [0.15, 0.2) is 0 Å². The van der Waals surface area contributed by atoms with Crippen LogP contribution in [-0.2, 0) is 4.79 Å². The average Bonchev–Trinajstić information content (AvgIpc) is 2.21. The van der Waals surface area contributed by atoms with E-state index in [1.165, 1.54) is 0 Å². The Hall–Kier alpha value is -0.610. The zero-order valence-corrected chi connectivity index (χ0v) is 10.4. The van der Waals surface area contributed by atoms with Crippen molar-refractivity contribution in [2.45, 2.75) is 38.2 Å². The van der Waals surface area contributed by atoms with Crippen molar-refractivity contribution in [3.8, 4) is 0 Å². The number of aliphatic hydroxyl groups is 1. The zero-order valence-electron chi connectivity index (χ0n) is 10.4. The molecule has 2 atom stereocenters. The summed E-state index contributed by atoms with van der Waals surface area (Å²) in [6, 6.07) is 0. The summed E-state index contributed by atoms with van der Waals surface area (Å²) in [5, 5.41) is 12.6. The number of rotatable bonds is 5. The van der Waals surface area contributed by atoms with E-state index in [0.29, 0.717) is 13.0 Å². The molecule has 0 aromatic heterocycles. The monoisotopic (exact) mass is 228 g/mol. The number of carbonyl (C=O) groups is 1. The van der Waals surface area contributed by atoms with Crippen LogP contribution in [0.25, 0.3) is 0 Å². The second-order valence-corrected chi connectivity index (χ2v) is 4.97. The van der Waals surface area contributed by atoms with Crippen molar-refractivity contribution >= 4 is 5.91 Å². The molecule has 1 saturated carbocycles. The highest BCUT2D eigenvalue weighted by atomic mass is 16.3. The van der Waals surface area contributed by atoms with Gasteiger partial charge in [-0.15, -0.1) is 0 Å². The van der Waals surface area contributed by atoms with Crippen LogP contribution in [0.5, 0.6) is 0 Å². The predicted molar refractivity (Wildman–Crippen MR) is 64.1 cm³/mol. The molecule has 16 heavy (non-hydrogen) atoms. The summed E-state index contributed by atoms with van der Waals surface area (Å²) in [7, 11) is 3.97. The fourth-order valence-corrected chi connectivity index (χ4v) is 2.16. The first-order valence-electron chi connectivity index (χ1n) is 6.19. The molecule has 94 valence electrons. The molecular weight excluding hydrogens is 204 g/mol. The molecule has 4 nitrogen and oxygen atoms in total. The third-order valence-electron chi connectivity index (χ3n) is 3.20. The van der Waals surface area contributed by atoms with Crippen LogP contribution in [-0.4, -0.2) is 49.2 Å². The number of amides is 1. The molecule has 0 heterocycles. The van der Waals surface area contributed by atoms with E-state index in [1.807, 2.05) is 19.0 Å². The van der Waals surface area contributed by atoms with Gasteiger partial charge in [0.05, 0.1) is 6.10 Å². The molecule has 0 saturated heterocycles. The summed E-state index contributed by atoms with van der Waals surface area (Å²) in [6.07, 6.45) is 4.30. The van der Waals surface area contributed by atoms with Gasteiger partial charge in [0.2, 0.25) is 5.91 Å². The number of carbonyl (C=O) groups excluding carboxylic acids is 1. The highest BCUT2D eigenvalue weighted by molar-refractivity contribution is 5.76. The number of hydrogen-bond acceptors (Lipinski definition) is 3. The maximum Gasteiger partial charge on any atom is 0.220 e. The molecule has 1 fully saturated rings. The van der Waals surface area contributed by atoms with E-state index in [9.17, 15) is 9.90 Å². The molecule has 0 spiro atoms. The van der Waals surface area contributed by atoms with Crippen LogP contribution in [0.3, 0.4) is 0 Å². The van der Waals surface area contributed by atoms with Crippen molar-refractivity contribution in [2.75, 3.05) is 27.2 Å². The lowest BCUT2D eigenvalue weighted by atomic mass is 9.84. The smallest absolute Gasteiger partial charge is 0.220 e. The van der Waals surface area contributed by atoms with Gasteiger partial charge in [-0.1, -0.05) is 12.8 Å². The van der Waals surface area contributed by atoms with E-state index >= 15 is 0 Å². The lowest BCUT2D eigenvalue weighted by Gasteiger charge is -2.27. The minimum Gasteiger partial charge on any atom is -0.393 e. The molecule has 0 aromatic rings. The van der Waals surface area contributed by atoms with Gasteiger partial charge in [0, 0.05) is 19.5 Å². The Balaban J connectivity index is 2.17. The zero-order chi connectivity index (χ0) is 12.0. The Bertz CT molecular complexity index is 219. The lowest BCUT2D eigenvalue weighted by Crippen LogP contribution is -2.35. The third kappa shape index (κ3) is 4.94. The minimum atomic E-state index is -0.270. The van der Waals surface area contributed by atoms with Gasteiger partial charge in [-0.3, -0.25) is 4.79 Å². The Labute approximate surface area is 98.0 Å². The molecule has 0 aromatic carbocycles. The van der Waals surface area contributed by atoms with E-state index in [2.05, 4.69) is 5.32 Å². The first-order valence-corrected chi connectivity index (χ1v) is 6.19. The molecule has 2 N–H and O–H groups in total. The molecule has 1 aliphatic rings. The third-order valence-corrected chi connectivity index (χ3v) is 3.20. The molecule has 4 heteroatoms. The second-order valence-electron chi connectivity index (χ2n) is 4.97. The SMILES string of the molecule is CN(C)CCNC(=O)C[C@@H]1CCCC[C@H]1O. The molecule has 1 rings (SSSR count). The Kier molecular flexibility index (Phi) is 5.77. The van der Waals surface area contributed by atoms with Crippen molar-refractivity contribution in [1.29, 1.82) is 0 Å². The van der Waals surface area contributed by atoms with Crippen LogP contribution in [0.15, 0.2) is 0 Å². The average molecular weight is 228 g/mol. The van der Waals surface area contributed by atoms with Gasteiger partial charge in [0.25, 0.3) is 0 Å². The van der Waals surface area contributed by atoms with Crippen LogP contribution >= 0.6 is 0 Å². The standard InChI is InChI=1S/C12H24N2O2/c1-14(2)8-7-13-12(16)9-10-5-3-4-6-11(10)15/h10-11,15H,3-9H2,1-2H3,(H,13,16)/t10-,11+/m0/s1. The normalized spacial score (nSPS) is 25.8. The first kappa shape index (κ1) is 13.5. The lowest BCUT2D eigenvalue weighted by molar-refractivity contribution is -0.123. The van der Waals surface area contributed by atoms with Gasteiger partial charge in [0.1, 0.15) is 0 Å². The highest BCUT2D eigenvalue weighted by Gasteiger charge is 2.24. The van der Waals surface area contributed by atoms with Crippen LogP contribution in [0.2, 0.25) is 0 Å². The number of hydrogen-bond donors (Lipinski definition) is 2. The van der Waals surface area contributed by atoms with E-state index in [4.69, 9.17) is 0 Å². The van der Waals surface area contributed by atoms with Crippen molar-refractivity contribution in [1.82, 2.24) is 10.2 Å². The summed E-state index contributed by atoms with van der Waals surface area (Å²) in [4.78, 5) is 13.6. The fraction of sp³-hybridized carbons (Fsp3) is 0.917. The molecule has 0 aliphatic heterocycles. The maximum atomic E-state index is 11.6. The summed E-state index contributed by atoms with van der Waals surface area (Å²) in [5.41, 5.74) is 0. The summed E-state index contributed by atoms with van der Waals surface area (Å²) >= 11 is 0. The predicted octanol–water partition coefficient (Wildman–Crippen LogP) is 0.605. The fourth-order valence-electron chi connectivity index (χ4n) is 2.16. The quantitative estimate of drug-likeness (QED) is 0.725. The number of nitrogens with one attached hydrogen (secondary N) is 1. The van der Waals surface area contributed by atoms with Crippen LogP contribution in [0.1, 0.15) is 32.1 Å². The summed E-state index contributed by atoms with van der Waals surface area (Å²) < 4.78 is 0. The summed E-state index contributed by atoms with van der Waals surface area (Å²) in [6.45, 7) is 1.55. The summed E-state index contributed by atoms with van der Waals surface area (Å²) in [5.74, 6) is 0.251. The first-order chi connectivity index (χ1) is 7.59. The molecule has 0 radical (unpaired) electrons. The van der Waals surface area contributed by atoms with Gasteiger partial charge >= 0.3 is 0 Å². The van der Waals surface area contributed by atoms with E-state index in [-0.39, 0.29) is 17.9 Å². The largest absolute Gasteiger partial charge is 0.393 e. The van der Waals surface area contributed by atoms with E-state index in [1.54, 1.807) is 0 Å². The van der Waals surface area contributed by atoms with Gasteiger partial charge < -0.3 is 15.3 Å². The molecule has 1 aliphatic carbocycles. The van der Waals surface area contributed by atoms with Crippen LogP contribution < -0.4 is 5.32 Å². The van der Waals surface area contributed by atoms with Crippen molar-refractivity contribution < 1.29 is 9.90 Å². The van der Waals surface area contributed by atoms with Crippen molar-refractivity contribution in [2.24, 2.45) is 5.92 Å². The van der Waals surface area contributed by atoms with Crippen molar-refractivity contribution in [3.63, 3.8) is 0 Å². The van der Waals surface area contributed by atoms with E-state index in [0.717, 1.165) is 32.2 Å². The van der Waals surface area contributed by atoms with Gasteiger partial charge in [-0.05, 0) is 32.9 Å². The van der Waals surface area contributed by atoms with Gasteiger partial charge in [-0.25, -0.2) is 0 Å². The van der Waals surface area contributed by atoms with Crippen LogP contribution in [0.4, 0.5) is 0 Å². The van der Waals surface area contributed by atoms with Crippen molar-refractivity contribution in [3.05, 3.63) is 0 Å². The second kappa shape index (κ2) is 6.86. The maximum absolute atomic E-state index is 11.6. The topological polar surface area (TPSA) is 52.6 Å². The minimum absolute atomic E-state index is 0.0767. The Morgan fingerprint density at radius 1 is 1.38 bits per heavy atom. The van der Waals surface area contributed by atoms with E-state index < -0.39 is 0 Å². The van der Waals surface area contributed by atoms with Crippen LogP contribution in [0, 0.1) is 5.92 Å². The van der Waals surface area contributed by atoms with Gasteiger partial charge in [-0.2, -0.15) is 0 Å². The number of nitrogens with zero attached hydrogens (tertiary/aromatic N) is 1. The molecule has 0 bridgehead atoms. The Morgan fingerprint density at radius 3 is 2.69 bits per heavy atom. The molecular formula is C12H24N2O2. The number of likely N-dealkylation sites (N-methyl/N-ethyl adjacent to an activating group) is 1. The molecule has 1 amide bonds. The molecule has 0 unspecified atom stereocenters. The number of aliphatic hydroxyl groups excluding tert-OH is 1.